The van der Waals surface area contributed by atoms with Gasteiger partial charge in [-0.1, -0.05) is 0 Å². The topological polar surface area (TPSA) is 69.3 Å². The summed E-state index contributed by atoms with van der Waals surface area (Å²) in [7, 11) is -1.42. The van der Waals surface area contributed by atoms with E-state index in [2.05, 4.69) is 14.9 Å². The zero-order chi connectivity index (χ0) is 12.6. The second kappa shape index (κ2) is 4.40. The van der Waals surface area contributed by atoms with Crippen molar-refractivity contribution in [3.8, 4) is 0 Å². The number of aromatic nitrogens is 2. The molecule has 1 atom stereocenters. The van der Waals surface area contributed by atoms with E-state index in [-0.39, 0.29) is 11.1 Å². The van der Waals surface area contributed by atoms with E-state index in [0.29, 0.717) is 12.4 Å². The van der Waals surface area contributed by atoms with Crippen molar-refractivity contribution in [3.63, 3.8) is 0 Å². The normalized spacial score (nSPS) is 24.1. The predicted octanol–water partition coefficient (Wildman–Crippen LogP) is 0.0427. The van der Waals surface area contributed by atoms with Crippen LogP contribution in [0.2, 0.25) is 0 Å². The second-order valence-electron chi connectivity index (χ2n) is 4.56. The van der Waals surface area contributed by atoms with E-state index in [0.717, 1.165) is 13.1 Å². The number of likely N-dealkylation sites (N-methyl/N-ethyl adjacent to an activating group) is 1. The number of hydrogen-bond acceptors (Lipinski definition) is 4. The number of rotatable bonds is 2. The van der Waals surface area contributed by atoms with Crippen LogP contribution in [-0.2, 0) is 10.0 Å². The first-order valence-corrected chi connectivity index (χ1v) is 7.07. The van der Waals surface area contributed by atoms with E-state index in [1.807, 2.05) is 14.0 Å². The Kier molecular flexibility index (Phi) is 3.24. The molecule has 17 heavy (non-hydrogen) atoms. The van der Waals surface area contributed by atoms with Crippen LogP contribution < -0.4 is 0 Å². The molecule has 1 unspecified atom stereocenters. The molecule has 7 heteroatoms. The SMILES string of the molecule is Cc1ncc(S(=O)(=O)N2CCN(C)CC2C)[nH]1. The minimum atomic E-state index is -3.43. The van der Waals surface area contributed by atoms with Crippen molar-refractivity contribution >= 4 is 10.0 Å². The Morgan fingerprint density at radius 1 is 1.47 bits per heavy atom. The summed E-state index contributed by atoms with van der Waals surface area (Å²) in [6.07, 6.45) is 1.38. The van der Waals surface area contributed by atoms with Crippen molar-refractivity contribution in [2.75, 3.05) is 26.7 Å². The molecule has 1 saturated heterocycles. The Hall–Kier alpha value is -0.920. The van der Waals surface area contributed by atoms with Crippen molar-refractivity contribution < 1.29 is 8.42 Å². The highest BCUT2D eigenvalue weighted by molar-refractivity contribution is 7.89. The smallest absolute Gasteiger partial charge is 0.260 e. The molecule has 1 aliphatic heterocycles. The first-order valence-electron chi connectivity index (χ1n) is 5.63. The molecule has 2 rings (SSSR count). The van der Waals surface area contributed by atoms with Gasteiger partial charge < -0.3 is 9.88 Å². The maximum Gasteiger partial charge on any atom is 0.260 e. The van der Waals surface area contributed by atoms with Gasteiger partial charge in [0, 0.05) is 25.7 Å². The quantitative estimate of drug-likeness (QED) is 0.813. The van der Waals surface area contributed by atoms with Gasteiger partial charge in [0.15, 0.2) is 5.03 Å². The van der Waals surface area contributed by atoms with Crippen LogP contribution in [0.3, 0.4) is 0 Å². The standard InChI is InChI=1S/C10H18N4O2S/c1-8-7-13(3)4-5-14(8)17(15,16)10-6-11-9(2)12-10/h6,8H,4-5,7H2,1-3H3,(H,11,12). The molecular formula is C10H18N4O2S. The van der Waals surface area contributed by atoms with E-state index in [4.69, 9.17) is 0 Å². The van der Waals surface area contributed by atoms with Gasteiger partial charge in [0.2, 0.25) is 0 Å². The van der Waals surface area contributed by atoms with Gasteiger partial charge in [-0.25, -0.2) is 13.4 Å². The van der Waals surface area contributed by atoms with Gasteiger partial charge >= 0.3 is 0 Å². The van der Waals surface area contributed by atoms with E-state index >= 15 is 0 Å². The number of hydrogen-bond donors (Lipinski definition) is 1. The van der Waals surface area contributed by atoms with Crippen LogP contribution in [-0.4, -0.2) is 60.3 Å². The highest BCUT2D eigenvalue weighted by Gasteiger charge is 2.33. The number of aromatic amines is 1. The highest BCUT2D eigenvalue weighted by Crippen LogP contribution is 2.19. The van der Waals surface area contributed by atoms with E-state index in [1.54, 1.807) is 11.2 Å². The molecule has 0 amide bonds. The molecule has 0 aromatic carbocycles. The molecule has 1 aliphatic rings. The molecule has 0 bridgehead atoms. The number of H-pyrrole nitrogens is 1. The van der Waals surface area contributed by atoms with E-state index in [9.17, 15) is 8.42 Å². The summed E-state index contributed by atoms with van der Waals surface area (Å²) in [5.74, 6) is 0.616. The Labute approximate surface area is 102 Å². The summed E-state index contributed by atoms with van der Waals surface area (Å²) < 4.78 is 26.2. The summed E-state index contributed by atoms with van der Waals surface area (Å²) in [5.41, 5.74) is 0. The molecule has 1 aromatic heterocycles. The number of piperazine rings is 1. The summed E-state index contributed by atoms with van der Waals surface area (Å²) in [6, 6.07) is -0.0117. The molecule has 0 spiro atoms. The van der Waals surface area contributed by atoms with Gasteiger partial charge in [-0.15, -0.1) is 0 Å². The largest absolute Gasteiger partial charge is 0.332 e. The van der Waals surface area contributed by atoms with Gasteiger partial charge in [-0.3, -0.25) is 0 Å². The molecule has 0 aliphatic carbocycles. The van der Waals surface area contributed by atoms with Crippen LogP contribution in [0.15, 0.2) is 11.2 Å². The fourth-order valence-corrected chi connectivity index (χ4v) is 3.71. The monoisotopic (exact) mass is 258 g/mol. The van der Waals surface area contributed by atoms with Crippen molar-refractivity contribution in [1.29, 1.82) is 0 Å². The van der Waals surface area contributed by atoms with Crippen molar-refractivity contribution in [2.45, 2.75) is 24.9 Å². The lowest BCUT2D eigenvalue weighted by atomic mass is 10.2. The lowest BCUT2D eigenvalue weighted by Gasteiger charge is -2.36. The van der Waals surface area contributed by atoms with Gasteiger partial charge in [0.1, 0.15) is 5.82 Å². The first kappa shape index (κ1) is 12.5. The maximum absolute atomic E-state index is 12.4. The number of aryl methyl sites for hydroxylation is 1. The lowest BCUT2D eigenvalue weighted by molar-refractivity contribution is 0.170. The summed E-state index contributed by atoms with van der Waals surface area (Å²) in [4.78, 5) is 8.87. The van der Waals surface area contributed by atoms with Crippen molar-refractivity contribution in [2.24, 2.45) is 0 Å². The minimum absolute atomic E-state index is 0.0117. The number of sulfonamides is 1. The van der Waals surface area contributed by atoms with Gasteiger partial charge in [0.25, 0.3) is 10.0 Å². The second-order valence-corrected chi connectivity index (χ2v) is 6.42. The van der Waals surface area contributed by atoms with Crippen molar-refractivity contribution in [3.05, 3.63) is 12.0 Å². The molecule has 1 fully saturated rings. The lowest BCUT2D eigenvalue weighted by Crippen LogP contribution is -2.52. The summed E-state index contributed by atoms with van der Waals surface area (Å²) in [6.45, 7) is 5.71. The average Bonchev–Trinajstić information content (AvgIpc) is 2.64. The maximum atomic E-state index is 12.4. The van der Waals surface area contributed by atoms with Crippen LogP contribution in [0.25, 0.3) is 0 Å². The van der Waals surface area contributed by atoms with Gasteiger partial charge in [-0.05, 0) is 20.9 Å². The van der Waals surface area contributed by atoms with E-state index < -0.39 is 10.0 Å². The molecule has 6 nitrogen and oxygen atoms in total. The molecule has 96 valence electrons. The fraction of sp³-hybridized carbons (Fsp3) is 0.700. The molecule has 0 radical (unpaired) electrons. The number of nitrogens with one attached hydrogen (secondary N) is 1. The summed E-state index contributed by atoms with van der Waals surface area (Å²) >= 11 is 0. The Morgan fingerprint density at radius 3 is 2.71 bits per heavy atom. The Balaban J connectivity index is 2.27. The third-order valence-electron chi connectivity index (χ3n) is 3.04. The average molecular weight is 258 g/mol. The Morgan fingerprint density at radius 2 is 2.18 bits per heavy atom. The molecule has 1 aromatic rings. The first-order chi connectivity index (χ1) is 7.91. The third-order valence-corrected chi connectivity index (χ3v) is 4.96. The zero-order valence-electron chi connectivity index (χ0n) is 10.3. The van der Waals surface area contributed by atoms with Crippen molar-refractivity contribution in [1.82, 2.24) is 19.2 Å². The minimum Gasteiger partial charge on any atom is -0.332 e. The van der Waals surface area contributed by atoms with Gasteiger partial charge in [-0.2, -0.15) is 4.31 Å². The van der Waals surface area contributed by atoms with Crippen LogP contribution in [0.5, 0.6) is 0 Å². The highest BCUT2D eigenvalue weighted by atomic mass is 32.2. The van der Waals surface area contributed by atoms with Crippen LogP contribution >= 0.6 is 0 Å². The molecule has 1 N–H and O–H groups in total. The number of nitrogens with zero attached hydrogens (tertiary/aromatic N) is 3. The zero-order valence-corrected chi connectivity index (χ0v) is 11.2. The Bertz CT molecular complexity index is 496. The predicted molar refractivity (Wildman–Crippen MR) is 64.2 cm³/mol. The van der Waals surface area contributed by atoms with Gasteiger partial charge in [0.05, 0.1) is 6.20 Å². The molecular weight excluding hydrogens is 240 g/mol. The van der Waals surface area contributed by atoms with Crippen LogP contribution in [0, 0.1) is 6.92 Å². The van der Waals surface area contributed by atoms with E-state index in [1.165, 1.54) is 6.20 Å². The summed E-state index contributed by atoms with van der Waals surface area (Å²) in [5, 5.41) is 0.186. The van der Waals surface area contributed by atoms with Crippen LogP contribution in [0.1, 0.15) is 12.7 Å². The van der Waals surface area contributed by atoms with Crippen LogP contribution in [0.4, 0.5) is 0 Å². The molecule has 2 heterocycles. The third kappa shape index (κ3) is 2.36. The fourth-order valence-electron chi connectivity index (χ4n) is 2.14. The molecule has 0 saturated carbocycles. The number of imidazole rings is 1.